The molecule has 0 bridgehead atoms. The Labute approximate surface area is 157 Å². The fourth-order valence-corrected chi connectivity index (χ4v) is 3.48. The van der Waals surface area contributed by atoms with Crippen molar-refractivity contribution in [3.05, 3.63) is 77.5 Å². The van der Waals surface area contributed by atoms with E-state index in [0.717, 1.165) is 5.69 Å². The molecule has 3 aromatic rings. The number of rotatable bonds is 6. The summed E-state index contributed by atoms with van der Waals surface area (Å²) in [5.41, 5.74) is 1.40. The zero-order chi connectivity index (χ0) is 19.4. The van der Waals surface area contributed by atoms with Crippen LogP contribution in [0.15, 0.2) is 63.9 Å². The molecule has 27 heavy (non-hydrogen) atoms. The first-order chi connectivity index (χ1) is 12.8. The topological polar surface area (TPSA) is 101 Å². The molecule has 7 nitrogen and oxygen atoms in total. The molecule has 2 aromatic carbocycles. The van der Waals surface area contributed by atoms with Gasteiger partial charge in [-0.25, -0.2) is 13.4 Å². The summed E-state index contributed by atoms with van der Waals surface area (Å²) >= 11 is 0. The SMILES string of the molecule is Cc1nc(CNC(=O)c2cccc(NS(=O)(=O)c3ccccc3)c2)oc1C. The van der Waals surface area contributed by atoms with Crippen molar-refractivity contribution in [3.63, 3.8) is 0 Å². The second kappa shape index (κ2) is 7.63. The van der Waals surface area contributed by atoms with Gasteiger partial charge < -0.3 is 9.73 Å². The van der Waals surface area contributed by atoms with Crippen LogP contribution in [0.25, 0.3) is 0 Å². The molecular weight excluding hydrogens is 366 g/mol. The third kappa shape index (κ3) is 4.53. The zero-order valence-corrected chi connectivity index (χ0v) is 15.7. The molecule has 0 radical (unpaired) electrons. The summed E-state index contributed by atoms with van der Waals surface area (Å²) in [5.74, 6) is 0.764. The van der Waals surface area contributed by atoms with Gasteiger partial charge in [-0.3, -0.25) is 9.52 Å². The Morgan fingerprint density at radius 1 is 1.07 bits per heavy atom. The van der Waals surface area contributed by atoms with Crippen LogP contribution in [0, 0.1) is 13.8 Å². The molecule has 1 amide bonds. The van der Waals surface area contributed by atoms with Crippen LogP contribution in [0.4, 0.5) is 5.69 Å². The Balaban J connectivity index is 1.70. The van der Waals surface area contributed by atoms with Crippen molar-refractivity contribution in [1.29, 1.82) is 0 Å². The average Bonchev–Trinajstić information content (AvgIpc) is 2.98. The van der Waals surface area contributed by atoms with E-state index in [0.29, 0.717) is 22.9 Å². The Morgan fingerprint density at radius 3 is 2.48 bits per heavy atom. The summed E-state index contributed by atoms with van der Waals surface area (Å²) in [5, 5.41) is 2.71. The molecule has 0 fully saturated rings. The largest absolute Gasteiger partial charge is 0.444 e. The van der Waals surface area contributed by atoms with E-state index in [-0.39, 0.29) is 17.3 Å². The van der Waals surface area contributed by atoms with Crippen molar-refractivity contribution >= 4 is 21.6 Å². The number of anilines is 1. The fourth-order valence-electron chi connectivity index (χ4n) is 2.41. The second-order valence-electron chi connectivity index (χ2n) is 5.93. The van der Waals surface area contributed by atoms with Crippen LogP contribution in [0.3, 0.4) is 0 Å². The average molecular weight is 385 g/mol. The molecule has 0 aliphatic heterocycles. The van der Waals surface area contributed by atoms with Crippen molar-refractivity contribution in [2.45, 2.75) is 25.3 Å². The first-order valence-corrected chi connectivity index (χ1v) is 9.72. The van der Waals surface area contributed by atoms with Crippen molar-refractivity contribution in [1.82, 2.24) is 10.3 Å². The monoisotopic (exact) mass is 385 g/mol. The van der Waals surface area contributed by atoms with Gasteiger partial charge in [0.15, 0.2) is 0 Å². The van der Waals surface area contributed by atoms with E-state index >= 15 is 0 Å². The third-order valence-electron chi connectivity index (χ3n) is 3.90. The number of sulfonamides is 1. The number of benzene rings is 2. The van der Waals surface area contributed by atoms with E-state index in [4.69, 9.17) is 4.42 Å². The van der Waals surface area contributed by atoms with Gasteiger partial charge in [0.25, 0.3) is 15.9 Å². The van der Waals surface area contributed by atoms with Gasteiger partial charge in [-0.05, 0) is 44.2 Å². The maximum atomic E-state index is 12.4. The maximum Gasteiger partial charge on any atom is 0.261 e. The molecule has 2 N–H and O–H groups in total. The summed E-state index contributed by atoms with van der Waals surface area (Å²) in [4.78, 5) is 16.7. The number of oxazole rings is 1. The van der Waals surface area contributed by atoms with Crippen LogP contribution >= 0.6 is 0 Å². The van der Waals surface area contributed by atoms with E-state index < -0.39 is 10.0 Å². The highest BCUT2D eigenvalue weighted by Gasteiger charge is 2.15. The second-order valence-corrected chi connectivity index (χ2v) is 7.61. The van der Waals surface area contributed by atoms with Gasteiger partial charge in [-0.1, -0.05) is 24.3 Å². The normalized spacial score (nSPS) is 11.2. The predicted molar refractivity (Wildman–Crippen MR) is 101 cm³/mol. The lowest BCUT2D eigenvalue weighted by molar-refractivity contribution is 0.0947. The number of nitrogens with zero attached hydrogens (tertiary/aromatic N) is 1. The van der Waals surface area contributed by atoms with E-state index in [9.17, 15) is 13.2 Å². The number of carbonyl (C=O) groups is 1. The Bertz CT molecular complexity index is 1040. The molecule has 0 saturated carbocycles. The Kier molecular flexibility index (Phi) is 5.27. The minimum Gasteiger partial charge on any atom is -0.444 e. The van der Waals surface area contributed by atoms with Crippen LogP contribution in [0.2, 0.25) is 0 Å². The standard InChI is InChI=1S/C19H19N3O4S/c1-13-14(2)26-18(21-13)12-20-19(23)15-7-6-8-16(11-15)22-27(24,25)17-9-4-3-5-10-17/h3-11,22H,12H2,1-2H3,(H,20,23). The molecule has 0 saturated heterocycles. The number of aromatic nitrogens is 1. The van der Waals surface area contributed by atoms with Crippen molar-refractivity contribution in [2.24, 2.45) is 0 Å². The van der Waals surface area contributed by atoms with Gasteiger partial charge >= 0.3 is 0 Å². The molecule has 0 spiro atoms. The molecular formula is C19H19N3O4S. The maximum absolute atomic E-state index is 12.4. The highest BCUT2D eigenvalue weighted by atomic mass is 32.2. The van der Waals surface area contributed by atoms with Gasteiger partial charge in [-0.2, -0.15) is 0 Å². The minimum atomic E-state index is -3.72. The molecule has 1 aromatic heterocycles. The van der Waals surface area contributed by atoms with Gasteiger partial charge in [-0.15, -0.1) is 0 Å². The summed E-state index contributed by atoms with van der Waals surface area (Å²) in [7, 11) is -3.72. The predicted octanol–water partition coefficient (Wildman–Crippen LogP) is 3.02. The highest BCUT2D eigenvalue weighted by molar-refractivity contribution is 7.92. The summed E-state index contributed by atoms with van der Waals surface area (Å²) in [6.45, 7) is 3.77. The number of hydrogen-bond acceptors (Lipinski definition) is 5. The molecule has 3 rings (SSSR count). The fraction of sp³-hybridized carbons (Fsp3) is 0.158. The lowest BCUT2D eigenvalue weighted by Gasteiger charge is -2.09. The number of amides is 1. The number of hydrogen-bond donors (Lipinski definition) is 2. The summed E-state index contributed by atoms with van der Waals surface area (Å²) in [6, 6.07) is 14.3. The van der Waals surface area contributed by atoms with Crippen molar-refractivity contribution in [3.8, 4) is 0 Å². The van der Waals surface area contributed by atoms with E-state index in [1.165, 1.54) is 18.2 Å². The van der Waals surface area contributed by atoms with Crippen LogP contribution in [0.1, 0.15) is 27.7 Å². The quantitative estimate of drug-likeness (QED) is 0.679. The summed E-state index contributed by atoms with van der Waals surface area (Å²) in [6.07, 6.45) is 0. The number of carbonyl (C=O) groups excluding carboxylic acids is 1. The van der Waals surface area contributed by atoms with Gasteiger partial charge in [0.1, 0.15) is 5.76 Å². The van der Waals surface area contributed by atoms with Crippen LogP contribution in [-0.4, -0.2) is 19.3 Å². The van der Waals surface area contributed by atoms with Crippen molar-refractivity contribution in [2.75, 3.05) is 4.72 Å². The molecule has 0 aliphatic rings. The number of aryl methyl sites for hydroxylation is 2. The van der Waals surface area contributed by atoms with Gasteiger partial charge in [0.05, 0.1) is 17.1 Å². The smallest absolute Gasteiger partial charge is 0.261 e. The van der Waals surface area contributed by atoms with Crippen molar-refractivity contribution < 1.29 is 17.6 Å². The molecule has 1 heterocycles. The van der Waals surface area contributed by atoms with E-state index in [1.807, 2.05) is 6.92 Å². The Morgan fingerprint density at radius 2 is 1.81 bits per heavy atom. The van der Waals surface area contributed by atoms with E-state index in [1.54, 1.807) is 43.3 Å². The van der Waals surface area contributed by atoms with E-state index in [2.05, 4.69) is 15.0 Å². The summed E-state index contributed by atoms with van der Waals surface area (Å²) < 4.78 is 32.7. The lowest BCUT2D eigenvalue weighted by atomic mass is 10.2. The first kappa shape index (κ1) is 18.7. The Hall–Kier alpha value is -3.13. The molecule has 0 aliphatic carbocycles. The van der Waals surface area contributed by atoms with Gasteiger partial charge in [0, 0.05) is 11.3 Å². The van der Waals surface area contributed by atoms with Gasteiger partial charge in [0.2, 0.25) is 5.89 Å². The first-order valence-electron chi connectivity index (χ1n) is 8.24. The lowest BCUT2D eigenvalue weighted by Crippen LogP contribution is -2.23. The van der Waals surface area contributed by atoms with Crippen LogP contribution in [0.5, 0.6) is 0 Å². The number of nitrogens with one attached hydrogen (secondary N) is 2. The molecule has 0 unspecified atom stereocenters. The minimum absolute atomic E-state index is 0.146. The van der Waals surface area contributed by atoms with Crippen LogP contribution < -0.4 is 10.0 Å². The van der Waals surface area contributed by atoms with Crippen LogP contribution in [-0.2, 0) is 16.6 Å². The molecule has 0 atom stereocenters. The third-order valence-corrected chi connectivity index (χ3v) is 5.30. The molecule has 140 valence electrons. The zero-order valence-electron chi connectivity index (χ0n) is 14.9. The highest BCUT2D eigenvalue weighted by Crippen LogP contribution is 2.17. The molecule has 8 heteroatoms.